The maximum absolute atomic E-state index is 12.2. The van der Waals surface area contributed by atoms with Crippen LogP contribution in [-0.4, -0.2) is 30.2 Å². The van der Waals surface area contributed by atoms with Gasteiger partial charge in [0.25, 0.3) is 5.91 Å². The molecule has 0 saturated carbocycles. The number of benzene rings is 1. The lowest BCUT2D eigenvalue weighted by Gasteiger charge is -2.15. The maximum atomic E-state index is 12.2. The molecule has 2 aromatic rings. The number of rotatable bonds is 5. The van der Waals surface area contributed by atoms with Crippen molar-refractivity contribution in [2.75, 3.05) is 6.54 Å². The third-order valence-electron chi connectivity index (χ3n) is 4.31. The van der Waals surface area contributed by atoms with Gasteiger partial charge in [0.05, 0.1) is 5.76 Å². The van der Waals surface area contributed by atoms with Crippen LogP contribution in [-0.2, 0) is 15.7 Å². The first kappa shape index (κ1) is 18.0. The molecule has 1 saturated heterocycles. The minimum atomic E-state index is -0.528. The number of aromatic amines is 1. The Hall–Kier alpha value is -2.80. The molecule has 0 spiro atoms. The Balaban J connectivity index is 1.56. The van der Waals surface area contributed by atoms with Crippen LogP contribution in [0.25, 0.3) is 0 Å². The highest BCUT2D eigenvalue weighted by Gasteiger charge is 2.42. The monoisotopic (exact) mass is 352 g/mol. The second kappa shape index (κ2) is 7.21. The zero-order chi connectivity index (χ0) is 18.7. The van der Waals surface area contributed by atoms with Gasteiger partial charge in [-0.15, -0.1) is 0 Å². The zero-order valence-corrected chi connectivity index (χ0v) is 14.9. The van der Waals surface area contributed by atoms with Crippen molar-refractivity contribution < 1.29 is 14.1 Å². The van der Waals surface area contributed by atoms with Crippen molar-refractivity contribution in [2.24, 2.45) is 0 Å². The van der Waals surface area contributed by atoms with Gasteiger partial charge < -0.3 is 19.6 Å². The van der Waals surface area contributed by atoms with Gasteiger partial charge in [0.1, 0.15) is 5.60 Å². The number of pyridine rings is 1. The van der Waals surface area contributed by atoms with E-state index in [1.54, 1.807) is 18.3 Å². The SMILES string of the molecule is C=C1OB(c2ccc(C(=O)NCCc3cc[nH]c(=O)c3)cc2)OC1(C)C. The molecule has 2 N–H and O–H groups in total. The molecule has 1 aliphatic heterocycles. The summed E-state index contributed by atoms with van der Waals surface area (Å²) >= 11 is 0. The molecule has 7 heteroatoms. The zero-order valence-electron chi connectivity index (χ0n) is 14.9. The predicted octanol–water partition coefficient (Wildman–Crippen LogP) is 1.38. The summed E-state index contributed by atoms with van der Waals surface area (Å²) in [6, 6.07) is 10.4. The Morgan fingerprint density at radius 1 is 1.27 bits per heavy atom. The first-order valence-corrected chi connectivity index (χ1v) is 8.45. The van der Waals surface area contributed by atoms with Crippen LogP contribution in [0.1, 0.15) is 29.8 Å². The lowest BCUT2D eigenvalue weighted by molar-refractivity contribution is 0.0954. The van der Waals surface area contributed by atoms with Gasteiger partial charge in [-0.1, -0.05) is 18.7 Å². The Bertz CT molecular complexity index is 874. The molecule has 2 heterocycles. The molecule has 0 unspecified atom stereocenters. The number of hydrogen-bond acceptors (Lipinski definition) is 4. The molecule has 3 rings (SSSR count). The second-order valence-electron chi connectivity index (χ2n) is 6.69. The normalized spacial score (nSPS) is 15.6. The predicted molar refractivity (Wildman–Crippen MR) is 100 cm³/mol. The molecule has 1 aromatic carbocycles. The molecule has 1 aromatic heterocycles. The Morgan fingerprint density at radius 3 is 2.62 bits per heavy atom. The summed E-state index contributed by atoms with van der Waals surface area (Å²) in [5.74, 6) is 0.420. The standard InChI is InChI=1S/C19H21BN2O4/c1-13-19(2,3)26-20(25-13)16-6-4-15(5-7-16)18(24)22-11-9-14-8-10-21-17(23)12-14/h4-8,10,12H,1,9,11H2,2-3H3,(H,21,23)(H,22,24). The number of aromatic nitrogens is 1. The molecule has 1 fully saturated rings. The third-order valence-corrected chi connectivity index (χ3v) is 4.31. The van der Waals surface area contributed by atoms with Gasteiger partial charge in [-0.2, -0.15) is 0 Å². The van der Waals surface area contributed by atoms with Crippen molar-refractivity contribution >= 4 is 18.5 Å². The number of nitrogens with one attached hydrogen (secondary N) is 2. The summed E-state index contributed by atoms with van der Waals surface area (Å²) in [7, 11) is -0.509. The highest BCUT2D eigenvalue weighted by Crippen LogP contribution is 2.29. The quantitative estimate of drug-likeness (QED) is 0.797. The van der Waals surface area contributed by atoms with E-state index in [-0.39, 0.29) is 11.5 Å². The van der Waals surface area contributed by atoms with Crippen molar-refractivity contribution in [3.63, 3.8) is 0 Å². The number of H-pyrrole nitrogens is 1. The van der Waals surface area contributed by atoms with E-state index in [1.165, 1.54) is 6.07 Å². The topological polar surface area (TPSA) is 80.4 Å². The van der Waals surface area contributed by atoms with E-state index in [4.69, 9.17) is 9.31 Å². The van der Waals surface area contributed by atoms with Gasteiger partial charge in [0.15, 0.2) is 0 Å². The summed E-state index contributed by atoms with van der Waals surface area (Å²) in [5.41, 5.74) is 1.58. The highest BCUT2D eigenvalue weighted by atomic mass is 16.7. The summed E-state index contributed by atoms with van der Waals surface area (Å²) < 4.78 is 11.5. The first-order valence-electron chi connectivity index (χ1n) is 8.45. The van der Waals surface area contributed by atoms with Crippen LogP contribution in [0.3, 0.4) is 0 Å². The minimum Gasteiger partial charge on any atom is -0.534 e. The average Bonchev–Trinajstić information content (AvgIpc) is 2.88. The van der Waals surface area contributed by atoms with Gasteiger partial charge in [0.2, 0.25) is 5.56 Å². The van der Waals surface area contributed by atoms with E-state index in [9.17, 15) is 9.59 Å². The van der Waals surface area contributed by atoms with Gasteiger partial charge in [-0.05, 0) is 49.5 Å². The molecular formula is C19H21BN2O4. The van der Waals surface area contributed by atoms with Crippen LogP contribution < -0.4 is 16.3 Å². The van der Waals surface area contributed by atoms with Crippen molar-refractivity contribution in [2.45, 2.75) is 25.9 Å². The minimum absolute atomic E-state index is 0.147. The molecule has 0 bridgehead atoms. The molecule has 6 nitrogen and oxygen atoms in total. The fourth-order valence-electron chi connectivity index (χ4n) is 2.62. The van der Waals surface area contributed by atoms with Gasteiger partial charge in [-0.3, -0.25) is 9.59 Å². The molecule has 0 atom stereocenters. The van der Waals surface area contributed by atoms with E-state index < -0.39 is 12.7 Å². The lowest BCUT2D eigenvalue weighted by Crippen LogP contribution is -2.34. The first-order chi connectivity index (χ1) is 12.3. The Kier molecular flexibility index (Phi) is 5.00. The number of carbonyl (C=O) groups is 1. The van der Waals surface area contributed by atoms with E-state index in [0.29, 0.717) is 24.3 Å². The molecule has 1 aliphatic rings. The van der Waals surface area contributed by atoms with E-state index in [2.05, 4.69) is 16.9 Å². The fraction of sp³-hybridized carbons (Fsp3) is 0.263. The van der Waals surface area contributed by atoms with Crippen LogP contribution in [0, 0.1) is 0 Å². The van der Waals surface area contributed by atoms with Crippen LogP contribution >= 0.6 is 0 Å². The molecule has 134 valence electrons. The summed E-state index contributed by atoms with van der Waals surface area (Å²) in [4.78, 5) is 26.0. The smallest absolute Gasteiger partial charge is 0.534 e. The van der Waals surface area contributed by atoms with Crippen LogP contribution in [0.15, 0.2) is 59.7 Å². The third kappa shape index (κ3) is 4.05. The Morgan fingerprint density at radius 2 is 2.00 bits per heavy atom. The molecule has 26 heavy (non-hydrogen) atoms. The summed E-state index contributed by atoms with van der Waals surface area (Å²) in [5, 5.41) is 2.85. The summed E-state index contributed by atoms with van der Waals surface area (Å²) in [6.45, 7) is 8.11. The molecule has 0 radical (unpaired) electrons. The van der Waals surface area contributed by atoms with E-state index >= 15 is 0 Å². The number of carbonyl (C=O) groups excluding carboxylic acids is 1. The van der Waals surface area contributed by atoms with Crippen LogP contribution in [0.4, 0.5) is 0 Å². The molecule has 1 amide bonds. The fourth-order valence-corrected chi connectivity index (χ4v) is 2.62. The second-order valence-corrected chi connectivity index (χ2v) is 6.69. The number of hydrogen-bond donors (Lipinski definition) is 2. The van der Waals surface area contributed by atoms with Gasteiger partial charge in [0, 0.05) is 24.4 Å². The number of amides is 1. The molecule has 0 aliphatic carbocycles. The van der Waals surface area contributed by atoms with Crippen molar-refractivity contribution in [1.82, 2.24) is 10.3 Å². The molecular weight excluding hydrogens is 331 g/mol. The van der Waals surface area contributed by atoms with E-state index in [0.717, 1.165) is 11.0 Å². The summed E-state index contributed by atoms with van der Waals surface area (Å²) in [6.07, 6.45) is 2.19. The van der Waals surface area contributed by atoms with Crippen molar-refractivity contribution in [3.05, 3.63) is 76.4 Å². The largest absolute Gasteiger partial charge is 0.563 e. The van der Waals surface area contributed by atoms with Crippen LogP contribution in [0.2, 0.25) is 0 Å². The van der Waals surface area contributed by atoms with Crippen LogP contribution in [0.5, 0.6) is 0 Å². The lowest BCUT2D eigenvalue weighted by atomic mass is 9.79. The average molecular weight is 352 g/mol. The van der Waals surface area contributed by atoms with E-state index in [1.807, 2.05) is 32.0 Å². The maximum Gasteiger partial charge on any atom is 0.563 e. The van der Waals surface area contributed by atoms with Crippen molar-refractivity contribution in [1.29, 1.82) is 0 Å². The van der Waals surface area contributed by atoms with Crippen molar-refractivity contribution in [3.8, 4) is 0 Å². The van der Waals surface area contributed by atoms with Gasteiger partial charge in [-0.25, -0.2) is 0 Å². The highest BCUT2D eigenvalue weighted by molar-refractivity contribution is 6.62. The Labute approximate surface area is 152 Å². The van der Waals surface area contributed by atoms with Gasteiger partial charge >= 0.3 is 7.12 Å².